The third kappa shape index (κ3) is 5.55. The molecule has 0 atom stereocenters. The van der Waals surface area contributed by atoms with E-state index in [9.17, 15) is 9.59 Å². The highest BCUT2D eigenvalue weighted by Gasteiger charge is 2.31. The lowest BCUT2D eigenvalue weighted by molar-refractivity contribution is -0.119. The number of fused-ring (bicyclic) bond motifs is 1. The van der Waals surface area contributed by atoms with E-state index >= 15 is 0 Å². The van der Waals surface area contributed by atoms with Gasteiger partial charge in [-0.2, -0.15) is 5.10 Å². The van der Waals surface area contributed by atoms with Gasteiger partial charge in [-0.25, -0.2) is 4.98 Å². The first-order valence-corrected chi connectivity index (χ1v) is 13.7. The topological polar surface area (TPSA) is 96.2 Å². The number of hydrogen-bond donors (Lipinski definition) is 1. The molecule has 2 amide bonds. The van der Waals surface area contributed by atoms with Crippen molar-refractivity contribution in [2.24, 2.45) is 5.92 Å². The van der Waals surface area contributed by atoms with Gasteiger partial charge in [-0.05, 0) is 70.6 Å². The molecule has 0 bridgehead atoms. The first-order chi connectivity index (χ1) is 17.5. The van der Waals surface area contributed by atoms with Crippen LogP contribution in [-0.4, -0.2) is 68.7 Å². The number of piperidine rings is 2. The van der Waals surface area contributed by atoms with E-state index in [4.69, 9.17) is 5.10 Å². The Morgan fingerprint density at radius 2 is 1.78 bits per heavy atom. The zero-order valence-electron chi connectivity index (χ0n) is 21.7. The summed E-state index contributed by atoms with van der Waals surface area (Å²) in [5, 5.41) is 7.91. The molecule has 0 saturated carbocycles. The summed E-state index contributed by atoms with van der Waals surface area (Å²) in [4.78, 5) is 38.0. The Labute approximate surface area is 213 Å². The molecule has 1 N–H and O–H groups in total. The highest BCUT2D eigenvalue weighted by atomic mass is 16.2. The maximum atomic E-state index is 13.5. The Kier molecular flexibility index (Phi) is 7.53. The lowest BCUT2D eigenvalue weighted by Crippen LogP contribution is -2.46. The second-order valence-electron chi connectivity index (χ2n) is 10.7. The molecule has 5 rings (SSSR count). The fourth-order valence-corrected chi connectivity index (χ4v) is 6.05. The highest BCUT2D eigenvalue weighted by molar-refractivity contribution is 5.94. The monoisotopic (exact) mass is 493 g/mol. The normalized spacial score (nSPS) is 19.3. The minimum Gasteiger partial charge on any atom is -0.355 e. The Morgan fingerprint density at radius 1 is 1.03 bits per heavy atom. The number of likely N-dealkylation sites (tertiary alicyclic amines) is 1. The van der Waals surface area contributed by atoms with Crippen molar-refractivity contribution in [1.29, 1.82) is 0 Å². The second-order valence-corrected chi connectivity index (χ2v) is 10.7. The van der Waals surface area contributed by atoms with Crippen LogP contribution in [0, 0.1) is 12.8 Å². The third-order valence-electron chi connectivity index (χ3n) is 8.08. The second kappa shape index (κ2) is 11.0. The molecule has 3 aliphatic rings. The first kappa shape index (κ1) is 24.7. The van der Waals surface area contributed by atoms with Gasteiger partial charge in [0, 0.05) is 63.1 Å². The van der Waals surface area contributed by atoms with Crippen LogP contribution < -0.4 is 10.2 Å². The van der Waals surface area contributed by atoms with Gasteiger partial charge in [0.05, 0.1) is 11.9 Å². The molecule has 9 heteroatoms. The van der Waals surface area contributed by atoms with Gasteiger partial charge in [0.15, 0.2) is 5.69 Å². The molecule has 2 aromatic rings. The maximum absolute atomic E-state index is 13.5. The minimum absolute atomic E-state index is 0.00195. The number of rotatable bonds is 6. The number of carbonyl (C=O) groups is 2. The van der Waals surface area contributed by atoms with E-state index in [1.807, 2.05) is 18.0 Å². The Bertz CT molecular complexity index is 1080. The molecule has 2 fully saturated rings. The van der Waals surface area contributed by atoms with Gasteiger partial charge in [0.25, 0.3) is 5.91 Å². The molecule has 0 radical (unpaired) electrons. The lowest BCUT2D eigenvalue weighted by atomic mass is 9.93. The predicted molar refractivity (Wildman–Crippen MR) is 138 cm³/mol. The summed E-state index contributed by atoms with van der Waals surface area (Å²) >= 11 is 0. The summed E-state index contributed by atoms with van der Waals surface area (Å²) in [6, 6.07) is 0.169. The first-order valence-electron chi connectivity index (χ1n) is 13.7. The molecular weight excluding hydrogens is 454 g/mol. The van der Waals surface area contributed by atoms with Crippen LogP contribution >= 0.6 is 0 Å². The number of nitrogens with one attached hydrogen (secondary N) is 1. The molecule has 2 aromatic heterocycles. The van der Waals surface area contributed by atoms with Gasteiger partial charge >= 0.3 is 0 Å². The van der Waals surface area contributed by atoms with E-state index in [1.165, 1.54) is 17.7 Å². The number of aromatic nitrogens is 4. The van der Waals surface area contributed by atoms with Gasteiger partial charge < -0.3 is 15.1 Å². The standard InChI is InChI=1S/C27H39N7O2/c1-19-17-28-18-25(29-19)32-12-7-21(8-13-32)9-16-34-24-6-4-3-5-23(24)26(31-34)27(36)33-14-10-22(11-15-33)30-20(2)35/h17-18,21-22H,3-16H2,1-2H3,(H,30,35). The minimum atomic E-state index is 0.00195. The number of anilines is 1. The van der Waals surface area contributed by atoms with E-state index in [0.29, 0.717) is 24.7 Å². The van der Waals surface area contributed by atoms with Crippen LogP contribution in [0.4, 0.5) is 5.82 Å². The Morgan fingerprint density at radius 3 is 2.50 bits per heavy atom. The van der Waals surface area contributed by atoms with Gasteiger partial charge in [-0.1, -0.05) is 0 Å². The fourth-order valence-electron chi connectivity index (χ4n) is 6.05. The van der Waals surface area contributed by atoms with Crippen LogP contribution in [0.2, 0.25) is 0 Å². The lowest BCUT2D eigenvalue weighted by Gasteiger charge is -2.32. The maximum Gasteiger partial charge on any atom is 0.274 e. The summed E-state index contributed by atoms with van der Waals surface area (Å²) in [6.45, 7) is 7.80. The smallest absolute Gasteiger partial charge is 0.274 e. The van der Waals surface area contributed by atoms with E-state index in [1.54, 1.807) is 13.1 Å². The average molecular weight is 494 g/mol. The van der Waals surface area contributed by atoms with Crippen molar-refractivity contribution in [3.63, 3.8) is 0 Å². The zero-order chi connectivity index (χ0) is 25.1. The average Bonchev–Trinajstić information content (AvgIpc) is 3.26. The number of amides is 2. The van der Waals surface area contributed by atoms with E-state index in [-0.39, 0.29) is 17.9 Å². The summed E-state index contributed by atoms with van der Waals surface area (Å²) in [7, 11) is 0. The molecule has 0 unspecified atom stereocenters. The van der Waals surface area contributed by atoms with Crippen molar-refractivity contribution >= 4 is 17.6 Å². The van der Waals surface area contributed by atoms with E-state index in [0.717, 1.165) is 82.5 Å². The van der Waals surface area contributed by atoms with Crippen molar-refractivity contribution in [2.45, 2.75) is 84.2 Å². The molecule has 4 heterocycles. The Balaban J connectivity index is 1.19. The van der Waals surface area contributed by atoms with Crippen LogP contribution in [0.25, 0.3) is 0 Å². The zero-order valence-corrected chi connectivity index (χ0v) is 21.7. The molecule has 2 aliphatic heterocycles. The number of aryl methyl sites for hydroxylation is 2. The summed E-state index contributed by atoms with van der Waals surface area (Å²) < 4.78 is 2.16. The van der Waals surface area contributed by atoms with Crippen molar-refractivity contribution in [2.75, 3.05) is 31.1 Å². The predicted octanol–water partition coefficient (Wildman–Crippen LogP) is 2.91. The van der Waals surface area contributed by atoms with Gasteiger partial charge in [0.2, 0.25) is 5.91 Å². The molecule has 0 spiro atoms. The van der Waals surface area contributed by atoms with Crippen molar-refractivity contribution in [1.82, 2.24) is 30.0 Å². The van der Waals surface area contributed by atoms with Crippen LogP contribution in [-0.2, 0) is 24.2 Å². The quantitative estimate of drug-likeness (QED) is 0.665. The van der Waals surface area contributed by atoms with Crippen molar-refractivity contribution < 1.29 is 9.59 Å². The van der Waals surface area contributed by atoms with Crippen LogP contribution in [0.3, 0.4) is 0 Å². The van der Waals surface area contributed by atoms with E-state index < -0.39 is 0 Å². The molecule has 36 heavy (non-hydrogen) atoms. The van der Waals surface area contributed by atoms with Crippen LogP contribution in [0.1, 0.15) is 79.3 Å². The summed E-state index contributed by atoms with van der Waals surface area (Å²) in [5.74, 6) is 1.72. The third-order valence-corrected chi connectivity index (χ3v) is 8.08. The van der Waals surface area contributed by atoms with Crippen molar-refractivity contribution in [3.8, 4) is 0 Å². The summed E-state index contributed by atoms with van der Waals surface area (Å²) in [5.41, 5.74) is 4.10. The largest absolute Gasteiger partial charge is 0.355 e. The Hall–Kier alpha value is -2.97. The highest BCUT2D eigenvalue weighted by Crippen LogP contribution is 2.29. The summed E-state index contributed by atoms with van der Waals surface area (Å²) in [6.07, 6.45) is 12.9. The molecule has 2 saturated heterocycles. The SMILES string of the molecule is CC(=O)NC1CCN(C(=O)c2nn(CCC3CCN(c4cncc(C)n4)CC3)c3c2CCCC3)CC1. The van der Waals surface area contributed by atoms with Crippen LogP contribution in [0.5, 0.6) is 0 Å². The molecular formula is C27H39N7O2. The van der Waals surface area contributed by atoms with Gasteiger partial charge in [-0.3, -0.25) is 19.3 Å². The van der Waals surface area contributed by atoms with E-state index in [2.05, 4.69) is 24.9 Å². The molecule has 0 aromatic carbocycles. The van der Waals surface area contributed by atoms with Gasteiger partial charge in [0.1, 0.15) is 5.82 Å². The van der Waals surface area contributed by atoms with Gasteiger partial charge in [-0.15, -0.1) is 0 Å². The molecule has 1 aliphatic carbocycles. The van der Waals surface area contributed by atoms with Crippen LogP contribution in [0.15, 0.2) is 12.4 Å². The fraction of sp³-hybridized carbons (Fsp3) is 0.667. The molecule has 9 nitrogen and oxygen atoms in total. The number of hydrogen-bond acceptors (Lipinski definition) is 6. The molecule has 194 valence electrons. The van der Waals surface area contributed by atoms with Crippen molar-refractivity contribution in [3.05, 3.63) is 35.0 Å². The number of carbonyl (C=O) groups excluding carboxylic acids is 2. The number of nitrogens with zero attached hydrogens (tertiary/aromatic N) is 6.